The first-order valence-corrected chi connectivity index (χ1v) is 20.5. The van der Waals surface area contributed by atoms with Crippen LogP contribution >= 0.6 is 0 Å². The summed E-state index contributed by atoms with van der Waals surface area (Å²) in [5.41, 5.74) is 8.91. The molecule has 50 heavy (non-hydrogen) atoms. The van der Waals surface area contributed by atoms with E-state index in [2.05, 4.69) is 120 Å². The largest absolute Gasteiger partial charge is 1.00 e. The van der Waals surface area contributed by atoms with Crippen molar-refractivity contribution < 1.29 is 59.3 Å². The van der Waals surface area contributed by atoms with Crippen LogP contribution in [-0.2, 0) is 44.7 Å². The predicted molar refractivity (Wildman–Crippen MR) is 192 cm³/mol. The van der Waals surface area contributed by atoms with Gasteiger partial charge in [0.1, 0.15) is 0 Å². The molecule has 0 radical (unpaired) electrons. The van der Waals surface area contributed by atoms with E-state index in [0.717, 1.165) is 32.4 Å². The van der Waals surface area contributed by atoms with Crippen molar-refractivity contribution in [3.8, 4) is 11.1 Å². The van der Waals surface area contributed by atoms with Gasteiger partial charge in [-0.3, -0.25) is 0 Å². The van der Waals surface area contributed by atoms with E-state index in [1.165, 1.54) is 52.1 Å². The van der Waals surface area contributed by atoms with Crippen molar-refractivity contribution in [1.82, 2.24) is 0 Å². The molecule has 0 aliphatic heterocycles. The second kappa shape index (κ2) is 14.2. The maximum absolute atomic E-state index is 14.3. The zero-order valence-electron chi connectivity index (χ0n) is 29.3. The van der Waals surface area contributed by atoms with Crippen molar-refractivity contribution in [2.75, 3.05) is 0 Å². The number of hydrogen-bond donors (Lipinski definition) is 0. The van der Waals surface area contributed by atoms with Gasteiger partial charge in [-0.2, -0.15) is 0 Å². The summed E-state index contributed by atoms with van der Waals surface area (Å²) in [5.74, 6) is 0. The summed E-state index contributed by atoms with van der Waals surface area (Å²) >= 11 is -3.25. The van der Waals surface area contributed by atoms with Gasteiger partial charge < -0.3 is 24.8 Å². The number of fused-ring (bicyclic) bond motifs is 4. The SMILES string of the molecule is CC(C)(C)c1ccc2c(c1)-c1cc(C(C)(C)C)c[c](/[Zr+2]([C]3=CC=CC3)=[C](\c3cccc(C(F)(F)F)c3)c3cccc4ccccc34)c1C2.[Cl-].[Cl-]. The number of halogens is 5. The van der Waals surface area contributed by atoms with E-state index in [-0.39, 0.29) is 35.6 Å². The van der Waals surface area contributed by atoms with Gasteiger partial charge in [-0.15, -0.1) is 0 Å². The van der Waals surface area contributed by atoms with E-state index < -0.39 is 33.0 Å². The Balaban J connectivity index is 0.00000243. The van der Waals surface area contributed by atoms with Gasteiger partial charge >= 0.3 is 292 Å². The molecule has 0 heterocycles. The quantitative estimate of drug-likeness (QED) is 0.225. The van der Waals surface area contributed by atoms with Gasteiger partial charge in [-0.05, 0) is 0 Å². The van der Waals surface area contributed by atoms with E-state index in [4.69, 9.17) is 0 Å². The first-order valence-electron chi connectivity index (χ1n) is 16.8. The van der Waals surface area contributed by atoms with E-state index in [1.807, 2.05) is 18.2 Å². The minimum atomic E-state index is -4.43. The summed E-state index contributed by atoms with van der Waals surface area (Å²) < 4.78 is 46.9. The summed E-state index contributed by atoms with van der Waals surface area (Å²) in [4.78, 5) is 0. The molecule has 256 valence electrons. The van der Waals surface area contributed by atoms with Crippen molar-refractivity contribution in [1.29, 1.82) is 0 Å². The zero-order valence-corrected chi connectivity index (χ0v) is 33.2. The Kier molecular flexibility index (Phi) is 10.8. The second-order valence-corrected chi connectivity index (χ2v) is 21.3. The molecule has 0 saturated carbocycles. The van der Waals surface area contributed by atoms with Gasteiger partial charge in [0.15, 0.2) is 0 Å². The first kappa shape index (κ1) is 38.2. The first-order chi connectivity index (χ1) is 22.7. The average molecular weight is 789 g/mol. The van der Waals surface area contributed by atoms with E-state index in [9.17, 15) is 13.2 Å². The minimum Gasteiger partial charge on any atom is -1.00 e. The molecule has 0 spiro atoms. The summed E-state index contributed by atoms with van der Waals surface area (Å²) in [7, 11) is 0. The smallest absolute Gasteiger partial charge is 1.00 e. The Morgan fingerprint density at radius 1 is 0.660 bits per heavy atom. The molecule has 0 fully saturated rings. The second-order valence-electron chi connectivity index (χ2n) is 15.3. The predicted octanol–water partition coefficient (Wildman–Crippen LogP) is 5.39. The van der Waals surface area contributed by atoms with Crippen LogP contribution in [0, 0.1) is 0 Å². The Morgan fingerprint density at radius 3 is 2.02 bits per heavy atom. The summed E-state index contributed by atoms with van der Waals surface area (Å²) in [6, 6.07) is 32.5. The van der Waals surface area contributed by atoms with Crippen molar-refractivity contribution in [2.45, 2.75) is 71.4 Å². The molecule has 0 bridgehead atoms. The number of alkyl halides is 3. The van der Waals surface area contributed by atoms with Crippen LogP contribution in [0.2, 0.25) is 0 Å². The minimum absolute atomic E-state index is 0. The number of rotatable bonds is 4. The van der Waals surface area contributed by atoms with Crippen LogP contribution in [0.25, 0.3) is 21.9 Å². The standard InChI is InChI=1S/C21H25.C18H11F3.C5H5.2ClH.Zr/c1-20(2,3)16-9-7-14-11-15-8-10-17(21(4,5)6)13-19(15)18(14)12-16;19-18(20,21)16-9-3-5-13(12-16)11-15-8-4-7-14-6-1-2-10-17(14)15;1-2-4-5-3-1;;;/h7,9-10,12-13H,11H2,1-6H3;1-10,12H;1-3H,4H2;2*1H;/q;;;;;+2/p-2. The van der Waals surface area contributed by atoms with Gasteiger partial charge in [-0.1, -0.05) is 0 Å². The normalized spacial score (nSPS) is 14.0. The van der Waals surface area contributed by atoms with Crippen molar-refractivity contribution in [3.05, 3.63) is 158 Å². The van der Waals surface area contributed by atoms with Crippen molar-refractivity contribution in [3.63, 3.8) is 0 Å². The molecule has 7 rings (SSSR count). The maximum atomic E-state index is 14.3. The van der Waals surface area contributed by atoms with Crippen LogP contribution < -0.4 is 28.1 Å². The van der Waals surface area contributed by atoms with Gasteiger partial charge in [-0.25, -0.2) is 0 Å². The molecule has 2 aliphatic rings. The summed E-state index contributed by atoms with van der Waals surface area (Å²) in [6.45, 7) is 13.6. The average Bonchev–Trinajstić information content (AvgIpc) is 3.70. The third-order valence-corrected chi connectivity index (χ3v) is 17.4. The fraction of sp³-hybridized carbons (Fsp3) is 0.250. The van der Waals surface area contributed by atoms with Crippen LogP contribution in [0.5, 0.6) is 0 Å². The summed E-state index contributed by atoms with van der Waals surface area (Å²) in [5, 5.41) is 2.18. The Hall–Kier alpha value is -3.04. The third-order valence-electron chi connectivity index (χ3n) is 9.90. The van der Waals surface area contributed by atoms with Crippen LogP contribution in [0.15, 0.2) is 119 Å². The zero-order chi connectivity index (χ0) is 34.0. The molecular formula is C44H41Cl2F3Zr. The molecule has 0 nitrogen and oxygen atoms in total. The van der Waals surface area contributed by atoms with Crippen LogP contribution in [-0.4, -0.2) is 3.21 Å². The molecule has 6 heteroatoms. The van der Waals surface area contributed by atoms with Gasteiger partial charge in [0, 0.05) is 0 Å². The van der Waals surface area contributed by atoms with E-state index >= 15 is 0 Å². The molecule has 0 saturated heterocycles. The fourth-order valence-electron chi connectivity index (χ4n) is 7.23. The number of allylic oxidation sites excluding steroid dienone is 4. The number of benzene rings is 5. The topological polar surface area (TPSA) is 0 Å². The molecule has 0 amide bonds. The molecule has 0 unspecified atom stereocenters. The van der Waals surface area contributed by atoms with Crippen LogP contribution in [0.4, 0.5) is 13.2 Å². The summed E-state index contributed by atoms with van der Waals surface area (Å²) in [6.07, 6.45) is 3.85. The van der Waals surface area contributed by atoms with E-state index in [1.54, 1.807) is 6.07 Å². The number of hydrogen-bond acceptors (Lipinski definition) is 0. The molecule has 0 atom stereocenters. The van der Waals surface area contributed by atoms with Gasteiger partial charge in [0.25, 0.3) is 0 Å². The van der Waals surface area contributed by atoms with Crippen LogP contribution in [0.3, 0.4) is 0 Å². The Morgan fingerprint density at radius 2 is 1.34 bits per heavy atom. The van der Waals surface area contributed by atoms with Gasteiger partial charge in [0.2, 0.25) is 0 Å². The molecule has 2 aliphatic carbocycles. The Bertz CT molecular complexity index is 2190. The van der Waals surface area contributed by atoms with E-state index in [0.29, 0.717) is 5.56 Å². The molecular weight excluding hydrogens is 748 g/mol. The van der Waals surface area contributed by atoms with Gasteiger partial charge in [0.05, 0.1) is 0 Å². The molecule has 5 aromatic carbocycles. The molecule has 5 aromatic rings. The van der Waals surface area contributed by atoms with Crippen LogP contribution in [0.1, 0.15) is 86.9 Å². The maximum Gasteiger partial charge on any atom is -1.00 e. The third kappa shape index (κ3) is 7.19. The van der Waals surface area contributed by atoms with Crippen molar-refractivity contribution in [2.24, 2.45) is 0 Å². The monoisotopic (exact) mass is 786 g/mol. The molecule has 0 N–H and O–H groups in total. The molecule has 0 aromatic heterocycles. The Labute approximate surface area is 314 Å². The fourth-order valence-corrected chi connectivity index (χ4v) is 15.3. The van der Waals surface area contributed by atoms with Crippen molar-refractivity contribution >= 4 is 17.2 Å².